The summed E-state index contributed by atoms with van der Waals surface area (Å²) in [5.41, 5.74) is 4.79. The lowest BCUT2D eigenvalue weighted by Crippen LogP contribution is -2.03. The Bertz CT molecular complexity index is 993. The molecule has 2 aromatic carbocycles. The van der Waals surface area contributed by atoms with E-state index in [0.29, 0.717) is 5.75 Å². The third-order valence-electron chi connectivity index (χ3n) is 7.60. The smallest absolute Gasteiger partial charge is 0.146 e. The van der Waals surface area contributed by atoms with Crippen LogP contribution in [0.1, 0.15) is 134 Å². The lowest BCUT2D eigenvalue weighted by Gasteiger charge is -2.13. The summed E-state index contributed by atoms with van der Waals surface area (Å²) in [6.45, 7) is 4.55. The number of nitrogens with zero attached hydrogens (tertiary/aromatic N) is 3. The molecule has 1 aromatic heterocycles. The standard InChI is InChI=1S/C33H51N3O/c1-3-5-7-9-11-13-14-16-18-22-28-26-29(23-19-17-15-12-10-8-6-4-2)33(37)32(27-28)36-34-30-24-20-21-25-31(30)35-36/h20-21,24-27,37H,3-19,22-23H2,1-2H3. The number of benzene rings is 2. The minimum Gasteiger partial charge on any atom is -0.505 e. The number of aromatic nitrogens is 3. The molecule has 3 aromatic rings. The second kappa shape index (κ2) is 17.2. The van der Waals surface area contributed by atoms with Crippen molar-refractivity contribution < 1.29 is 5.11 Å². The molecule has 1 N–H and O–H groups in total. The maximum Gasteiger partial charge on any atom is 0.146 e. The Hall–Kier alpha value is -2.36. The van der Waals surface area contributed by atoms with E-state index in [-0.39, 0.29) is 0 Å². The van der Waals surface area contributed by atoms with Crippen molar-refractivity contribution in [1.29, 1.82) is 0 Å². The third kappa shape index (κ3) is 10.1. The van der Waals surface area contributed by atoms with Gasteiger partial charge in [-0.15, -0.1) is 15.0 Å². The van der Waals surface area contributed by atoms with E-state index in [1.807, 2.05) is 24.3 Å². The molecule has 0 amide bonds. The quantitative estimate of drug-likeness (QED) is 0.155. The zero-order chi connectivity index (χ0) is 26.1. The molecule has 0 aliphatic heterocycles. The molecule has 4 nitrogen and oxygen atoms in total. The molecule has 0 aliphatic carbocycles. The van der Waals surface area contributed by atoms with Gasteiger partial charge in [0.25, 0.3) is 0 Å². The van der Waals surface area contributed by atoms with Crippen molar-refractivity contribution in [2.24, 2.45) is 0 Å². The molecule has 37 heavy (non-hydrogen) atoms. The van der Waals surface area contributed by atoms with Crippen LogP contribution in [0.25, 0.3) is 16.7 Å². The van der Waals surface area contributed by atoms with Gasteiger partial charge >= 0.3 is 0 Å². The summed E-state index contributed by atoms with van der Waals surface area (Å²) >= 11 is 0. The average molecular weight is 506 g/mol. The molecule has 0 radical (unpaired) electrons. The van der Waals surface area contributed by atoms with Gasteiger partial charge in [0, 0.05) is 0 Å². The topological polar surface area (TPSA) is 50.9 Å². The van der Waals surface area contributed by atoms with Gasteiger partial charge in [0.1, 0.15) is 22.5 Å². The second-order valence-corrected chi connectivity index (χ2v) is 10.9. The first kappa shape index (κ1) is 29.2. The molecule has 1 heterocycles. The largest absolute Gasteiger partial charge is 0.505 e. The molecular weight excluding hydrogens is 454 g/mol. The van der Waals surface area contributed by atoms with Crippen molar-refractivity contribution in [3.63, 3.8) is 0 Å². The van der Waals surface area contributed by atoms with Crippen LogP contribution >= 0.6 is 0 Å². The zero-order valence-electron chi connectivity index (χ0n) is 23.7. The normalized spacial score (nSPS) is 11.5. The molecule has 0 saturated carbocycles. The highest BCUT2D eigenvalue weighted by Crippen LogP contribution is 2.30. The molecule has 0 spiro atoms. The number of phenols is 1. The summed E-state index contributed by atoms with van der Waals surface area (Å²) in [4.78, 5) is 1.64. The Morgan fingerprint density at radius 3 is 1.57 bits per heavy atom. The summed E-state index contributed by atoms with van der Waals surface area (Å²) in [6.07, 6.45) is 24.4. The first-order valence-corrected chi connectivity index (χ1v) is 15.4. The summed E-state index contributed by atoms with van der Waals surface area (Å²) in [5.74, 6) is 0.346. The summed E-state index contributed by atoms with van der Waals surface area (Å²) in [6, 6.07) is 12.3. The average Bonchev–Trinajstić information content (AvgIpc) is 3.34. The van der Waals surface area contributed by atoms with Crippen molar-refractivity contribution in [2.45, 2.75) is 136 Å². The summed E-state index contributed by atoms with van der Waals surface area (Å²) in [7, 11) is 0. The van der Waals surface area contributed by atoms with Gasteiger partial charge in [-0.05, 0) is 55.0 Å². The number of phenolic OH excluding ortho intramolecular Hbond substituents is 1. The second-order valence-electron chi connectivity index (χ2n) is 10.9. The molecule has 0 aliphatic rings. The number of hydrogen-bond donors (Lipinski definition) is 1. The van der Waals surface area contributed by atoms with E-state index in [0.717, 1.165) is 41.5 Å². The highest BCUT2D eigenvalue weighted by Gasteiger charge is 2.15. The monoisotopic (exact) mass is 505 g/mol. The van der Waals surface area contributed by atoms with Gasteiger partial charge in [0.2, 0.25) is 0 Å². The lowest BCUT2D eigenvalue weighted by atomic mass is 9.98. The Kier molecular flexibility index (Phi) is 13.6. The predicted octanol–water partition coefficient (Wildman–Crippen LogP) is 9.88. The lowest BCUT2D eigenvalue weighted by molar-refractivity contribution is 0.458. The molecular formula is C33H51N3O. The summed E-state index contributed by atoms with van der Waals surface area (Å²) < 4.78 is 0. The van der Waals surface area contributed by atoms with Gasteiger partial charge < -0.3 is 5.11 Å². The minimum absolute atomic E-state index is 0.346. The first-order chi connectivity index (χ1) is 18.2. The van der Waals surface area contributed by atoms with Gasteiger partial charge in [-0.2, -0.15) is 0 Å². The first-order valence-electron chi connectivity index (χ1n) is 15.4. The Morgan fingerprint density at radius 2 is 1.05 bits per heavy atom. The fourth-order valence-electron chi connectivity index (χ4n) is 5.29. The van der Waals surface area contributed by atoms with Gasteiger partial charge in [-0.3, -0.25) is 0 Å². The van der Waals surface area contributed by atoms with Crippen molar-refractivity contribution in [3.8, 4) is 11.4 Å². The number of aryl methyl sites for hydroxylation is 2. The predicted molar refractivity (Wildman–Crippen MR) is 158 cm³/mol. The highest BCUT2D eigenvalue weighted by atomic mass is 16.3. The molecule has 204 valence electrons. The van der Waals surface area contributed by atoms with Crippen molar-refractivity contribution in [1.82, 2.24) is 15.0 Å². The molecule has 3 rings (SSSR count). The molecule has 0 bridgehead atoms. The maximum atomic E-state index is 11.2. The van der Waals surface area contributed by atoms with Gasteiger partial charge in [0.15, 0.2) is 0 Å². The molecule has 4 heteroatoms. The van der Waals surface area contributed by atoms with Crippen LogP contribution in [0.3, 0.4) is 0 Å². The van der Waals surface area contributed by atoms with Gasteiger partial charge in [-0.25, -0.2) is 0 Å². The van der Waals surface area contributed by atoms with Crippen LogP contribution in [0.5, 0.6) is 5.75 Å². The fourth-order valence-corrected chi connectivity index (χ4v) is 5.29. The zero-order valence-corrected chi connectivity index (χ0v) is 23.7. The fraction of sp³-hybridized carbons (Fsp3) is 0.636. The SMILES string of the molecule is CCCCCCCCCCCc1cc(CCCCCCCCCC)c(O)c(-n2nc3ccccc3n2)c1. The van der Waals surface area contributed by atoms with Crippen molar-refractivity contribution in [2.75, 3.05) is 0 Å². The van der Waals surface area contributed by atoms with E-state index >= 15 is 0 Å². The van der Waals surface area contributed by atoms with Crippen LogP contribution in [0, 0.1) is 0 Å². The van der Waals surface area contributed by atoms with E-state index in [9.17, 15) is 5.11 Å². The Morgan fingerprint density at radius 1 is 0.595 bits per heavy atom. The maximum absolute atomic E-state index is 11.2. The minimum atomic E-state index is 0.346. The molecule has 0 unspecified atom stereocenters. The number of unbranched alkanes of at least 4 members (excludes halogenated alkanes) is 15. The Labute approximate surface area is 225 Å². The molecule has 0 atom stereocenters. The van der Waals surface area contributed by atoms with Crippen LogP contribution in [-0.4, -0.2) is 20.1 Å². The van der Waals surface area contributed by atoms with Crippen LogP contribution in [-0.2, 0) is 12.8 Å². The number of aromatic hydroxyl groups is 1. The van der Waals surface area contributed by atoms with Crippen molar-refractivity contribution in [3.05, 3.63) is 47.5 Å². The number of rotatable bonds is 20. The van der Waals surface area contributed by atoms with Gasteiger partial charge in [-0.1, -0.05) is 128 Å². The Balaban J connectivity index is 1.59. The van der Waals surface area contributed by atoms with E-state index in [1.165, 1.54) is 108 Å². The van der Waals surface area contributed by atoms with E-state index in [1.54, 1.807) is 4.80 Å². The van der Waals surface area contributed by atoms with Crippen LogP contribution < -0.4 is 0 Å². The highest BCUT2D eigenvalue weighted by molar-refractivity contribution is 5.73. The van der Waals surface area contributed by atoms with Crippen LogP contribution in [0.4, 0.5) is 0 Å². The van der Waals surface area contributed by atoms with Crippen LogP contribution in [0.15, 0.2) is 36.4 Å². The third-order valence-corrected chi connectivity index (χ3v) is 7.60. The number of hydrogen-bond acceptors (Lipinski definition) is 3. The van der Waals surface area contributed by atoms with Crippen molar-refractivity contribution >= 4 is 11.0 Å². The van der Waals surface area contributed by atoms with E-state index in [4.69, 9.17) is 0 Å². The van der Waals surface area contributed by atoms with E-state index < -0.39 is 0 Å². The van der Waals surface area contributed by atoms with Gasteiger partial charge in [0.05, 0.1) is 0 Å². The number of fused-ring (bicyclic) bond motifs is 1. The molecule has 0 fully saturated rings. The van der Waals surface area contributed by atoms with Crippen LogP contribution in [0.2, 0.25) is 0 Å². The van der Waals surface area contributed by atoms with E-state index in [2.05, 4.69) is 36.2 Å². The summed E-state index contributed by atoms with van der Waals surface area (Å²) in [5, 5.41) is 20.6. The molecule has 0 saturated heterocycles.